The second kappa shape index (κ2) is 7.03. The fraction of sp³-hybridized carbons (Fsp3) is 0.350. The van der Waals surface area contributed by atoms with Crippen molar-refractivity contribution >= 4 is 29.8 Å². The first-order valence-corrected chi connectivity index (χ1v) is 12.2. The van der Waals surface area contributed by atoms with Gasteiger partial charge in [-0.3, -0.25) is 4.79 Å². The summed E-state index contributed by atoms with van der Waals surface area (Å²) in [6.07, 6.45) is 1.51. The van der Waals surface area contributed by atoms with E-state index in [4.69, 9.17) is 0 Å². The molecule has 0 radical (unpaired) electrons. The van der Waals surface area contributed by atoms with Gasteiger partial charge in [0.15, 0.2) is 5.78 Å². The molecule has 0 aliphatic heterocycles. The van der Waals surface area contributed by atoms with E-state index in [0.29, 0.717) is 6.42 Å². The van der Waals surface area contributed by atoms with Gasteiger partial charge in [0.05, 0.1) is 0 Å². The lowest BCUT2D eigenvalue weighted by atomic mass is 9.84. The summed E-state index contributed by atoms with van der Waals surface area (Å²) in [7, 11) is -1.47. The first-order valence-electron chi connectivity index (χ1n) is 7.88. The number of allylic oxidation sites excluding steroid dienone is 4. The van der Waals surface area contributed by atoms with Gasteiger partial charge in [-0.15, -0.1) is 5.54 Å². The number of hydrogen-bond acceptors (Lipinski definition) is 1. The van der Waals surface area contributed by atoms with Crippen LogP contribution in [0.25, 0.3) is 0 Å². The molecule has 0 aromatic heterocycles. The van der Waals surface area contributed by atoms with Crippen molar-refractivity contribution in [1.29, 1.82) is 0 Å². The van der Waals surface area contributed by atoms with E-state index in [2.05, 4.69) is 60.9 Å². The van der Waals surface area contributed by atoms with E-state index in [1.807, 2.05) is 24.3 Å². The lowest BCUT2D eigenvalue weighted by Gasteiger charge is -2.20. The number of hydrogen-bond donors (Lipinski definition) is 0. The number of carbonyl (C=O) groups excluding carboxylic acids is 1. The number of carbonyl (C=O) groups is 1. The molecule has 1 aliphatic carbocycles. The Hall–Kier alpha value is -1.37. The molecular formula is C20H23BrOSi. The molecule has 0 bridgehead atoms. The van der Waals surface area contributed by atoms with Crippen molar-refractivity contribution in [3.8, 4) is 11.5 Å². The summed E-state index contributed by atoms with van der Waals surface area (Å²) in [5.41, 5.74) is 8.66. The molecular weight excluding hydrogens is 364 g/mol. The zero-order chi connectivity index (χ0) is 17.2. The minimum absolute atomic E-state index is 0.101. The summed E-state index contributed by atoms with van der Waals surface area (Å²) in [5, 5.41) is 0. The maximum Gasteiger partial charge on any atom is 0.191 e. The van der Waals surface area contributed by atoms with Crippen molar-refractivity contribution < 1.29 is 4.79 Å². The van der Waals surface area contributed by atoms with Crippen LogP contribution >= 0.6 is 15.9 Å². The summed E-state index contributed by atoms with van der Waals surface area (Å²) in [5.74, 6) is 3.45. The summed E-state index contributed by atoms with van der Waals surface area (Å²) in [4.78, 5) is 13.0. The van der Waals surface area contributed by atoms with Gasteiger partial charge >= 0.3 is 0 Å². The van der Waals surface area contributed by atoms with Crippen LogP contribution in [0.5, 0.6) is 0 Å². The quantitative estimate of drug-likeness (QED) is 0.266. The number of benzene rings is 1. The standard InChI is InChI=1S/C20H23BrOSi/c1-14-12-16(10-11-23(3,4)5)18(13-15(14)2)20(22)17-8-6-7-9-19(17)21/h6-9H,12-13H2,1-5H3. The maximum absolute atomic E-state index is 13.0. The zero-order valence-electron chi connectivity index (χ0n) is 14.5. The smallest absolute Gasteiger partial charge is 0.191 e. The Morgan fingerprint density at radius 2 is 1.70 bits per heavy atom. The highest BCUT2D eigenvalue weighted by Crippen LogP contribution is 2.32. The molecule has 0 saturated carbocycles. The van der Waals surface area contributed by atoms with Gasteiger partial charge in [-0.25, -0.2) is 0 Å². The minimum Gasteiger partial charge on any atom is -0.289 e. The molecule has 2 rings (SSSR count). The fourth-order valence-electron chi connectivity index (χ4n) is 2.45. The van der Waals surface area contributed by atoms with Gasteiger partial charge in [0, 0.05) is 27.6 Å². The van der Waals surface area contributed by atoms with E-state index in [1.54, 1.807) is 0 Å². The van der Waals surface area contributed by atoms with Gasteiger partial charge in [-0.05, 0) is 32.4 Å². The molecule has 23 heavy (non-hydrogen) atoms. The molecule has 1 aliphatic rings. The molecule has 0 unspecified atom stereocenters. The average molecular weight is 387 g/mol. The Morgan fingerprint density at radius 3 is 2.30 bits per heavy atom. The number of ketones is 1. The number of rotatable bonds is 2. The fourth-order valence-corrected chi connectivity index (χ4v) is 3.44. The second-order valence-corrected chi connectivity index (χ2v) is 12.8. The molecule has 0 heterocycles. The van der Waals surface area contributed by atoms with Gasteiger partial charge in [-0.2, -0.15) is 0 Å². The highest BCUT2D eigenvalue weighted by Gasteiger charge is 2.23. The van der Waals surface area contributed by atoms with Crippen LogP contribution in [-0.4, -0.2) is 13.9 Å². The zero-order valence-corrected chi connectivity index (χ0v) is 17.1. The molecule has 1 aromatic rings. The number of halogens is 1. The molecule has 3 heteroatoms. The maximum atomic E-state index is 13.0. The van der Waals surface area contributed by atoms with Crippen molar-refractivity contribution in [2.45, 2.75) is 46.3 Å². The Morgan fingerprint density at radius 1 is 1.09 bits per heavy atom. The second-order valence-electron chi connectivity index (χ2n) is 7.18. The molecule has 0 fully saturated rings. The molecule has 0 spiro atoms. The van der Waals surface area contributed by atoms with Crippen LogP contribution in [0.3, 0.4) is 0 Å². The largest absolute Gasteiger partial charge is 0.289 e. The van der Waals surface area contributed by atoms with E-state index in [9.17, 15) is 4.79 Å². The van der Waals surface area contributed by atoms with Crippen LogP contribution in [0, 0.1) is 11.5 Å². The van der Waals surface area contributed by atoms with Crippen LogP contribution < -0.4 is 0 Å². The average Bonchev–Trinajstić information content (AvgIpc) is 2.47. The van der Waals surface area contributed by atoms with Gasteiger partial charge in [-0.1, -0.05) is 64.8 Å². The van der Waals surface area contributed by atoms with Crippen LogP contribution in [0.2, 0.25) is 19.6 Å². The Balaban J connectivity index is 2.50. The van der Waals surface area contributed by atoms with Crippen LogP contribution in [0.15, 0.2) is 51.0 Å². The number of Topliss-reactive ketones (excluding diaryl/α,β-unsaturated/α-hetero) is 1. The van der Waals surface area contributed by atoms with Gasteiger partial charge in [0.2, 0.25) is 0 Å². The SMILES string of the molecule is CC1=C(C)CC(C(=O)c2ccccc2Br)=C(C#C[Si](C)(C)C)C1. The topological polar surface area (TPSA) is 17.1 Å². The van der Waals surface area contributed by atoms with Gasteiger partial charge in [0.25, 0.3) is 0 Å². The lowest BCUT2D eigenvalue weighted by Crippen LogP contribution is -2.17. The predicted octanol–water partition coefficient (Wildman–Crippen LogP) is 5.94. The van der Waals surface area contributed by atoms with E-state index in [1.165, 1.54) is 11.1 Å². The molecule has 120 valence electrons. The molecule has 0 N–H and O–H groups in total. The van der Waals surface area contributed by atoms with Crippen LogP contribution in [0.4, 0.5) is 0 Å². The lowest BCUT2D eigenvalue weighted by molar-refractivity contribution is 0.103. The molecule has 0 atom stereocenters. The van der Waals surface area contributed by atoms with E-state index in [0.717, 1.165) is 27.6 Å². The monoisotopic (exact) mass is 386 g/mol. The Kier molecular flexibility index (Phi) is 5.49. The Labute approximate surface area is 149 Å². The van der Waals surface area contributed by atoms with Gasteiger partial charge in [0.1, 0.15) is 8.07 Å². The summed E-state index contributed by atoms with van der Waals surface area (Å²) in [6, 6.07) is 7.63. The van der Waals surface area contributed by atoms with Crippen molar-refractivity contribution in [2.75, 3.05) is 0 Å². The Bertz CT molecular complexity index is 767. The van der Waals surface area contributed by atoms with Crippen molar-refractivity contribution in [1.82, 2.24) is 0 Å². The first-order chi connectivity index (χ1) is 10.7. The summed E-state index contributed by atoms with van der Waals surface area (Å²) >= 11 is 3.50. The summed E-state index contributed by atoms with van der Waals surface area (Å²) < 4.78 is 0.846. The molecule has 0 saturated heterocycles. The third kappa shape index (κ3) is 4.56. The predicted molar refractivity (Wildman–Crippen MR) is 104 cm³/mol. The normalized spacial score (nSPS) is 15.4. The molecule has 1 nitrogen and oxygen atoms in total. The van der Waals surface area contributed by atoms with Crippen molar-refractivity contribution in [2.24, 2.45) is 0 Å². The highest BCUT2D eigenvalue weighted by molar-refractivity contribution is 9.10. The first kappa shape index (κ1) is 18.0. The van der Waals surface area contributed by atoms with E-state index in [-0.39, 0.29) is 5.78 Å². The van der Waals surface area contributed by atoms with E-state index >= 15 is 0 Å². The van der Waals surface area contributed by atoms with Crippen LogP contribution in [-0.2, 0) is 0 Å². The third-order valence-corrected chi connectivity index (χ3v) is 5.52. The molecule has 1 aromatic carbocycles. The third-order valence-electron chi connectivity index (χ3n) is 3.96. The van der Waals surface area contributed by atoms with E-state index < -0.39 is 8.07 Å². The highest BCUT2D eigenvalue weighted by atomic mass is 79.9. The van der Waals surface area contributed by atoms with Gasteiger partial charge < -0.3 is 0 Å². The van der Waals surface area contributed by atoms with Crippen LogP contribution in [0.1, 0.15) is 37.0 Å². The van der Waals surface area contributed by atoms with Crippen molar-refractivity contribution in [3.05, 3.63) is 56.6 Å². The van der Waals surface area contributed by atoms with Crippen molar-refractivity contribution in [3.63, 3.8) is 0 Å². The molecule has 0 amide bonds. The minimum atomic E-state index is -1.47. The summed E-state index contributed by atoms with van der Waals surface area (Å²) in [6.45, 7) is 10.9.